The molecule has 0 aliphatic rings. The maximum atomic E-state index is 12.0. The number of hydrogen-bond acceptors (Lipinski definition) is 6. The third kappa shape index (κ3) is 3.57. The first-order valence-electron chi connectivity index (χ1n) is 8.59. The Labute approximate surface area is 165 Å². The van der Waals surface area contributed by atoms with Crippen molar-refractivity contribution in [3.05, 3.63) is 73.5 Å². The van der Waals surface area contributed by atoms with E-state index in [9.17, 15) is 4.79 Å². The van der Waals surface area contributed by atoms with Gasteiger partial charge in [-0.1, -0.05) is 30.0 Å². The van der Waals surface area contributed by atoms with Crippen LogP contribution in [0, 0.1) is 13.8 Å². The van der Waals surface area contributed by atoms with Crippen LogP contribution in [-0.4, -0.2) is 14.8 Å². The van der Waals surface area contributed by atoms with E-state index < -0.39 is 0 Å². The van der Waals surface area contributed by atoms with Crippen molar-refractivity contribution in [1.82, 2.24) is 14.8 Å². The molecule has 0 bridgehead atoms. The first-order valence-corrected chi connectivity index (χ1v) is 10.5. The topological polar surface area (TPSA) is 60.9 Å². The lowest BCUT2D eigenvalue weighted by molar-refractivity contribution is 0.557. The number of fused-ring (bicyclic) bond motifs is 1. The Kier molecular flexibility index (Phi) is 4.88. The van der Waals surface area contributed by atoms with E-state index in [1.165, 1.54) is 4.88 Å². The SMILES string of the molecule is Cc1ccc2c(CSc3nnc(Cc4cccs4)n3C)cc(=O)oc2c1C. The fourth-order valence-electron chi connectivity index (χ4n) is 2.98. The van der Waals surface area contributed by atoms with Gasteiger partial charge in [0.2, 0.25) is 0 Å². The molecule has 27 heavy (non-hydrogen) atoms. The zero-order valence-corrected chi connectivity index (χ0v) is 17.0. The number of thioether (sulfide) groups is 1. The van der Waals surface area contributed by atoms with Gasteiger partial charge in [-0.3, -0.25) is 0 Å². The van der Waals surface area contributed by atoms with Gasteiger partial charge in [-0.25, -0.2) is 4.79 Å². The van der Waals surface area contributed by atoms with Crippen molar-refractivity contribution in [1.29, 1.82) is 0 Å². The van der Waals surface area contributed by atoms with Gasteiger partial charge in [-0.05, 0) is 42.0 Å². The van der Waals surface area contributed by atoms with E-state index >= 15 is 0 Å². The lowest BCUT2D eigenvalue weighted by atomic mass is 10.0. The Morgan fingerprint density at radius 1 is 1.22 bits per heavy atom. The van der Waals surface area contributed by atoms with Crippen LogP contribution in [0.5, 0.6) is 0 Å². The average Bonchev–Trinajstić information content (AvgIpc) is 3.28. The second-order valence-corrected chi connectivity index (χ2v) is 8.45. The van der Waals surface area contributed by atoms with Crippen molar-refractivity contribution >= 4 is 34.1 Å². The third-order valence-electron chi connectivity index (χ3n) is 4.71. The van der Waals surface area contributed by atoms with E-state index in [-0.39, 0.29) is 5.63 Å². The van der Waals surface area contributed by atoms with E-state index in [1.807, 2.05) is 37.6 Å². The Bertz CT molecular complexity index is 1160. The van der Waals surface area contributed by atoms with Crippen LogP contribution in [0.4, 0.5) is 0 Å². The molecule has 0 aliphatic heterocycles. The molecule has 1 aromatic carbocycles. The minimum atomic E-state index is -0.317. The van der Waals surface area contributed by atoms with Gasteiger partial charge in [-0.2, -0.15) is 0 Å². The molecule has 0 atom stereocenters. The predicted molar refractivity (Wildman–Crippen MR) is 110 cm³/mol. The van der Waals surface area contributed by atoms with Crippen molar-refractivity contribution in [2.75, 3.05) is 0 Å². The van der Waals surface area contributed by atoms with Crippen molar-refractivity contribution in [3.63, 3.8) is 0 Å². The van der Waals surface area contributed by atoms with E-state index in [2.05, 4.69) is 27.7 Å². The summed E-state index contributed by atoms with van der Waals surface area (Å²) < 4.78 is 7.48. The molecule has 0 saturated heterocycles. The van der Waals surface area contributed by atoms with E-state index in [0.717, 1.165) is 39.5 Å². The zero-order valence-electron chi connectivity index (χ0n) is 15.4. The largest absolute Gasteiger partial charge is 0.422 e. The number of hydrogen-bond donors (Lipinski definition) is 0. The molecule has 0 unspecified atom stereocenters. The third-order valence-corrected chi connectivity index (χ3v) is 6.66. The second kappa shape index (κ2) is 7.32. The van der Waals surface area contributed by atoms with Gasteiger partial charge in [0, 0.05) is 35.6 Å². The van der Waals surface area contributed by atoms with Crippen molar-refractivity contribution in [2.24, 2.45) is 7.05 Å². The molecule has 0 aliphatic carbocycles. The summed E-state index contributed by atoms with van der Waals surface area (Å²) >= 11 is 3.30. The Morgan fingerprint density at radius 2 is 2.07 bits per heavy atom. The molecule has 0 spiro atoms. The van der Waals surface area contributed by atoms with Crippen LogP contribution in [0.3, 0.4) is 0 Å². The maximum absolute atomic E-state index is 12.0. The van der Waals surface area contributed by atoms with Crippen molar-refractivity contribution < 1.29 is 4.42 Å². The number of rotatable bonds is 5. The van der Waals surface area contributed by atoms with Crippen LogP contribution in [0.25, 0.3) is 11.0 Å². The monoisotopic (exact) mass is 397 g/mol. The summed E-state index contributed by atoms with van der Waals surface area (Å²) in [6, 6.07) is 9.81. The Hall–Kier alpha value is -2.38. The molecule has 0 radical (unpaired) electrons. The molecule has 7 heteroatoms. The molecule has 0 N–H and O–H groups in total. The van der Waals surface area contributed by atoms with Gasteiger partial charge in [0.1, 0.15) is 11.4 Å². The van der Waals surface area contributed by atoms with Crippen LogP contribution >= 0.6 is 23.1 Å². The molecule has 3 heterocycles. The minimum absolute atomic E-state index is 0.317. The number of aryl methyl sites for hydroxylation is 2. The summed E-state index contributed by atoms with van der Waals surface area (Å²) in [5.41, 5.74) is 3.44. The van der Waals surface area contributed by atoms with Crippen molar-refractivity contribution in [3.8, 4) is 0 Å². The van der Waals surface area contributed by atoms with Crippen molar-refractivity contribution in [2.45, 2.75) is 31.2 Å². The quantitative estimate of drug-likeness (QED) is 0.367. The van der Waals surface area contributed by atoms with Gasteiger partial charge in [-0.15, -0.1) is 21.5 Å². The standard InChI is InChI=1S/C20H19N3O2S2/c1-12-6-7-16-14(9-18(24)25-19(16)13(12)2)11-27-20-22-21-17(23(20)3)10-15-5-4-8-26-15/h4-9H,10-11H2,1-3H3. The normalized spacial score (nSPS) is 11.4. The molecule has 4 aromatic rings. The van der Waals surface area contributed by atoms with Gasteiger partial charge < -0.3 is 8.98 Å². The molecule has 138 valence electrons. The van der Waals surface area contributed by atoms with Gasteiger partial charge in [0.15, 0.2) is 5.16 Å². The number of nitrogens with zero attached hydrogens (tertiary/aromatic N) is 3. The number of thiophene rings is 1. The summed E-state index contributed by atoms with van der Waals surface area (Å²) in [6.07, 6.45) is 0.776. The highest BCUT2D eigenvalue weighted by atomic mass is 32.2. The van der Waals surface area contributed by atoms with E-state index in [4.69, 9.17) is 4.42 Å². The molecular formula is C20H19N3O2S2. The zero-order chi connectivity index (χ0) is 19.0. The minimum Gasteiger partial charge on any atom is -0.422 e. The summed E-state index contributed by atoms with van der Waals surface area (Å²) in [7, 11) is 1.98. The van der Waals surface area contributed by atoms with Crippen LogP contribution in [0.2, 0.25) is 0 Å². The van der Waals surface area contributed by atoms with Crippen LogP contribution in [-0.2, 0) is 19.2 Å². The molecule has 5 nitrogen and oxygen atoms in total. The average molecular weight is 398 g/mol. The Morgan fingerprint density at radius 3 is 2.85 bits per heavy atom. The second-order valence-electron chi connectivity index (χ2n) is 6.48. The molecule has 3 aromatic heterocycles. The van der Waals surface area contributed by atoms with E-state index in [0.29, 0.717) is 11.3 Å². The molecular weight excluding hydrogens is 378 g/mol. The van der Waals surface area contributed by atoms with Crippen LogP contribution < -0.4 is 5.63 Å². The first kappa shape index (κ1) is 18.0. The summed E-state index contributed by atoms with van der Waals surface area (Å²) in [4.78, 5) is 13.3. The summed E-state index contributed by atoms with van der Waals surface area (Å²) in [5.74, 6) is 1.57. The summed E-state index contributed by atoms with van der Waals surface area (Å²) in [6.45, 7) is 4.00. The fraction of sp³-hybridized carbons (Fsp3) is 0.250. The molecule has 4 rings (SSSR count). The lowest BCUT2D eigenvalue weighted by Crippen LogP contribution is -2.02. The lowest BCUT2D eigenvalue weighted by Gasteiger charge is -2.09. The highest BCUT2D eigenvalue weighted by Crippen LogP contribution is 2.28. The van der Waals surface area contributed by atoms with Gasteiger partial charge >= 0.3 is 5.63 Å². The van der Waals surface area contributed by atoms with Gasteiger partial charge in [0.05, 0.1) is 0 Å². The predicted octanol–water partition coefficient (Wildman–Crippen LogP) is 4.48. The molecule has 0 amide bonds. The highest BCUT2D eigenvalue weighted by molar-refractivity contribution is 7.98. The fourth-order valence-corrected chi connectivity index (χ4v) is 4.60. The van der Waals surface area contributed by atoms with Gasteiger partial charge in [0.25, 0.3) is 0 Å². The first-order chi connectivity index (χ1) is 13.0. The number of aromatic nitrogens is 3. The molecule has 0 saturated carbocycles. The van der Waals surface area contributed by atoms with Crippen LogP contribution in [0.15, 0.2) is 50.1 Å². The van der Waals surface area contributed by atoms with E-state index in [1.54, 1.807) is 29.2 Å². The molecule has 0 fully saturated rings. The maximum Gasteiger partial charge on any atom is 0.336 e. The number of benzene rings is 1. The Balaban J connectivity index is 1.60. The smallest absolute Gasteiger partial charge is 0.336 e. The summed E-state index contributed by atoms with van der Waals surface area (Å²) in [5, 5.41) is 12.5. The highest BCUT2D eigenvalue weighted by Gasteiger charge is 2.13. The van der Waals surface area contributed by atoms with Crippen LogP contribution in [0.1, 0.15) is 27.4 Å².